The first-order chi connectivity index (χ1) is 13.2. The number of benzene rings is 2. The fourth-order valence-corrected chi connectivity index (χ4v) is 4.45. The lowest BCUT2D eigenvalue weighted by molar-refractivity contribution is -0.134. The molecule has 0 spiro atoms. The summed E-state index contributed by atoms with van der Waals surface area (Å²) in [7, 11) is 0. The Hall–Kier alpha value is -2.91. The second kappa shape index (κ2) is 7.77. The molecule has 136 valence electrons. The van der Waals surface area contributed by atoms with E-state index in [0.29, 0.717) is 17.9 Å². The molecule has 4 rings (SSSR count). The molecule has 3 aromatic rings. The Morgan fingerprint density at radius 1 is 1.30 bits per heavy atom. The first-order valence-corrected chi connectivity index (χ1v) is 9.81. The smallest absolute Gasteiger partial charge is 0.260 e. The number of carbonyl (C=O) groups is 1. The van der Waals surface area contributed by atoms with Gasteiger partial charge in [0.25, 0.3) is 5.91 Å². The van der Waals surface area contributed by atoms with Crippen LogP contribution in [0.4, 0.5) is 0 Å². The lowest BCUT2D eigenvalue weighted by Crippen LogP contribution is -2.41. The number of nitriles is 1. The number of para-hydroxylation sites is 1. The fourth-order valence-electron chi connectivity index (χ4n) is 3.36. The molecule has 0 unspecified atom stereocenters. The van der Waals surface area contributed by atoms with Gasteiger partial charge in [0.15, 0.2) is 6.61 Å². The van der Waals surface area contributed by atoms with Crippen molar-refractivity contribution >= 4 is 27.5 Å². The number of hydrogen-bond donors (Lipinski definition) is 0. The maximum Gasteiger partial charge on any atom is 0.260 e. The predicted molar refractivity (Wildman–Crippen MR) is 105 cm³/mol. The second-order valence-electron chi connectivity index (χ2n) is 6.63. The molecule has 1 amide bonds. The van der Waals surface area contributed by atoms with E-state index in [1.54, 1.807) is 35.6 Å². The maximum absolute atomic E-state index is 12.6. The summed E-state index contributed by atoms with van der Waals surface area (Å²) < 4.78 is 6.79. The Bertz CT molecular complexity index is 975. The van der Waals surface area contributed by atoms with Crippen molar-refractivity contribution in [2.24, 2.45) is 0 Å². The molecule has 0 bridgehead atoms. The summed E-state index contributed by atoms with van der Waals surface area (Å²) in [6.07, 6.45) is 2.02. The van der Waals surface area contributed by atoms with E-state index in [1.165, 1.54) is 4.70 Å². The average Bonchev–Trinajstić information content (AvgIpc) is 3.16. The molecular weight excluding hydrogens is 358 g/mol. The van der Waals surface area contributed by atoms with Gasteiger partial charge in [0, 0.05) is 19.0 Å². The van der Waals surface area contributed by atoms with Gasteiger partial charge in [0.1, 0.15) is 5.75 Å². The molecule has 0 aliphatic carbocycles. The molecule has 2 aromatic carbocycles. The number of amides is 1. The van der Waals surface area contributed by atoms with Crippen LogP contribution >= 0.6 is 11.3 Å². The molecule has 5 nitrogen and oxygen atoms in total. The predicted octanol–water partition coefficient (Wildman–Crippen LogP) is 3.95. The van der Waals surface area contributed by atoms with Crippen molar-refractivity contribution in [1.82, 2.24) is 9.88 Å². The van der Waals surface area contributed by atoms with Crippen LogP contribution in [0.2, 0.25) is 0 Å². The van der Waals surface area contributed by atoms with Crippen LogP contribution < -0.4 is 4.74 Å². The SMILES string of the molecule is N#Cc1cccc(OCC(=O)N2CCC[C@@H](c3nc4ccccc4s3)C2)c1. The number of carbonyl (C=O) groups excluding carboxylic acids is 1. The standard InChI is InChI=1S/C21H19N3O2S/c22-12-15-5-3-7-17(11-15)26-14-20(25)24-10-4-6-16(13-24)21-23-18-8-1-2-9-19(18)27-21/h1-3,5,7-9,11,16H,4,6,10,13-14H2/t16-/m1/s1. The van der Waals surface area contributed by atoms with Gasteiger partial charge in [-0.1, -0.05) is 18.2 Å². The van der Waals surface area contributed by atoms with E-state index in [-0.39, 0.29) is 18.4 Å². The molecule has 1 fully saturated rings. The topological polar surface area (TPSA) is 66.2 Å². The van der Waals surface area contributed by atoms with Gasteiger partial charge >= 0.3 is 0 Å². The average molecular weight is 377 g/mol. The lowest BCUT2D eigenvalue weighted by Gasteiger charge is -2.31. The number of hydrogen-bond acceptors (Lipinski definition) is 5. The summed E-state index contributed by atoms with van der Waals surface area (Å²) in [4.78, 5) is 19.2. The minimum Gasteiger partial charge on any atom is -0.484 e. The molecule has 0 radical (unpaired) electrons. The van der Waals surface area contributed by atoms with Gasteiger partial charge in [-0.2, -0.15) is 5.26 Å². The molecule has 1 saturated heterocycles. The van der Waals surface area contributed by atoms with Gasteiger partial charge in [0.05, 0.1) is 26.9 Å². The van der Waals surface area contributed by atoms with Gasteiger partial charge in [-0.15, -0.1) is 11.3 Å². The summed E-state index contributed by atoms with van der Waals surface area (Å²) in [6.45, 7) is 1.42. The number of piperidine rings is 1. The molecule has 0 saturated carbocycles. The molecule has 0 N–H and O–H groups in total. The minimum atomic E-state index is -0.0248. The zero-order valence-electron chi connectivity index (χ0n) is 14.8. The molecule has 1 aliphatic heterocycles. The number of rotatable bonds is 4. The van der Waals surface area contributed by atoms with Crippen LogP contribution in [-0.2, 0) is 4.79 Å². The van der Waals surface area contributed by atoms with Crippen LogP contribution in [0.15, 0.2) is 48.5 Å². The Morgan fingerprint density at radius 3 is 3.04 bits per heavy atom. The van der Waals surface area contributed by atoms with Crippen LogP contribution in [0.3, 0.4) is 0 Å². The lowest BCUT2D eigenvalue weighted by atomic mass is 9.99. The second-order valence-corrected chi connectivity index (χ2v) is 7.69. The minimum absolute atomic E-state index is 0.0125. The molecule has 1 aliphatic rings. The van der Waals surface area contributed by atoms with E-state index in [9.17, 15) is 4.79 Å². The first-order valence-electron chi connectivity index (χ1n) is 8.99. The van der Waals surface area contributed by atoms with Gasteiger partial charge in [-0.25, -0.2) is 4.98 Å². The van der Waals surface area contributed by atoms with Crippen molar-refractivity contribution in [1.29, 1.82) is 5.26 Å². The van der Waals surface area contributed by atoms with Crippen molar-refractivity contribution in [3.8, 4) is 11.8 Å². The molecular formula is C21H19N3O2S. The normalized spacial score (nSPS) is 16.9. The number of aromatic nitrogens is 1. The maximum atomic E-state index is 12.6. The number of nitrogens with zero attached hydrogens (tertiary/aromatic N) is 3. The molecule has 27 heavy (non-hydrogen) atoms. The number of thiazole rings is 1. The Morgan fingerprint density at radius 2 is 2.19 bits per heavy atom. The monoisotopic (exact) mass is 377 g/mol. The number of ether oxygens (including phenoxy) is 1. The van der Waals surface area contributed by atoms with Crippen LogP contribution in [0.25, 0.3) is 10.2 Å². The molecule has 1 aromatic heterocycles. The van der Waals surface area contributed by atoms with Crippen LogP contribution in [0.1, 0.15) is 29.3 Å². The number of likely N-dealkylation sites (tertiary alicyclic amines) is 1. The van der Waals surface area contributed by atoms with E-state index in [1.807, 2.05) is 23.1 Å². The van der Waals surface area contributed by atoms with Crippen molar-refractivity contribution in [3.05, 3.63) is 59.1 Å². The van der Waals surface area contributed by atoms with Gasteiger partial charge in [-0.3, -0.25) is 4.79 Å². The molecule has 2 heterocycles. The zero-order chi connectivity index (χ0) is 18.6. The quantitative estimate of drug-likeness (QED) is 0.690. The summed E-state index contributed by atoms with van der Waals surface area (Å²) in [6, 6.07) is 17.1. The summed E-state index contributed by atoms with van der Waals surface area (Å²) in [5, 5.41) is 10.1. The fraction of sp³-hybridized carbons (Fsp3) is 0.286. The van der Waals surface area contributed by atoms with E-state index in [0.717, 1.165) is 29.9 Å². The largest absolute Gasteiger partial charge is 0.484 e. The highest BCUT2D eigenvalue weighted by Crippen LogP contribution is 2.33. The van der Waals surface area contributed by atoms with E-state index in [4.69, 9.17) is 15.0 Å². The van der Waals surface area contributed by atoms with E-state index < -0.39 is 0 Å². The van der Waals surface area contributed by atoms with Crippen molar-refractivity contribution < 1.29 is 9.53 Å². The van der Waals surface area contributed by atoms with Gasteiger partial charge < -0.3 is 9.64 Å². The summed E-state index contributed by atoms with van der Waals surface area (Å²) >= 11 is 1.72. The Balaban J connectivity index is 1.40. The van der Waals surface area contributed by atoms with E-state index in [2.05, 4.69) is 12.1 Å². The van der Waals surface area contributed by atoms with Crippen LogP contribution in [0, 0.1) is 11.3 Å². The third-order valence-electron chi connectivity index (χ3n) is 4.76. The van der Waals surface area contributed by atoms with Gasteiger partial charge in [-0.05, 0) is 43.2 Å². The zero-order valence-corrected chi connectivity index (χ0v) is 15.6. The third-order valence-corrected chi connectivity index (χ3v) is 5.96. The number of fused-ring (bicyclic) bond motifs is 1. The Labute approximate surface area is 161 Å². The van der Waals surface area contributed by atoms with Crippen molar-refractivity contribution in [2.75, 3.05) is 19.7 Å². The highest BCUT2D eigenvalue weighted by molar-refractivity contribution is 7.18. The Kier molecular flexibility index (Phi) is 5.03. The van der Waals surface area contributed by atoms with Crippen LogP contribution in [0.5, 0.6) is 5.75 Å². The summed E-state index contributed by atoms with van der Waals surface area (Å²) in [5.74, 6) is 0.798. The molecule has 1 atom stereocenters. The van der Waals surface area contributed by atoms with Gasteiger partial charge in [0.2, 0.25) is 0 Å². The highest BCUT2D eigenvalue weighted by Gasteiger charge is 2.27. The van der Waals surface area contributed by atoms with E-state index >= 15 is 0 Å². The van der Waals surface area contributed by atoms with Crippen molar-refractivity contribution in [3.63, 3.8) is 0 Å². The summed E-state index contributed by atoms with van der Waals surface area (Å²) in [5.41, 5.74) is 1.55. The van der Waals surface area contributed by atoms with Crippen LogP contribution in [-0.4, -0.2) is 35.5 Å². The highest BCUT2D eigenvalue weighted by atomic mass is 32.1. The third kappa shape index (κ3) is 3.93. The van der Waals surface area contributed by atoms with Crippen molar-refractivity contribution in [2.45, 2.75) is 18.8 Å². The first kappa shape index (κ1) is 17.5. The molecule has 6 heteroatoms.